The second kappa shape index (κ2) is 5.18. The molecule has 2 radical (unpaired) electrons. The van der Waals surface area contributed by atoms with Crippen LogP contribution in [0.4, 0.5) is 0 Å². The molecule has 1 aromatic carbocycles. The summed E-state index contributed by atoms with van der Waals surface area (Å²) in [4.78, 5) is 0. The number of benzene rings is 1. The summed E-state index contributed by atoms with van der Waals surface area (Å²) >= 11 is 2.79. The van der Waals surface area contributed by atoms with E-state index in [0.29, 0.717) is 6.61 Å². The summed E-state index contributed by atoms with van der Waals surface area (Å²) in [6.07, 6.45) is 5.65. The number of aliphatic hydroxyl groups excluding tert-OH is 1. The molecular formula is C13H17AsO. The molecule has 2 rings (SSSR count). The van der Waals surface area contributed by atoms with E-state index in [4.69, 9.17) is 5.11 Å². The molecule has 1 atom stereocenters. The van der Waals surface area contributed by atoms with Gasteiger partial charge in [-0.1, -0.05) is 0 Å². The molecule has 0 bridgehead atoms. The second-order valence-electron chi connectivity index (χ2n) is 4.28. The first-order chi connectivity index (χ1) is 7.31. The van der Waals surface area contributed by atoms with Gasteiger partial charge in [0.1, 0.15) is 0 Å². The molecule has 2 heteroatoms. The molecule has 0 saturated heterocycles. The molecule has 1 unspecified atom stereocenters. The monoisotopic (exact) mass is 264 g/mol. The Hall–Kier alpha value is -0.262. The zero-order chi connectivity index (χ0) is 10.7. The van der Waals surface area contributed by atoms with E-state index in [1.807, 2.05) is 0 Å². The van der Waals surface area contributed by atoms with E-state index in [1.165, 1.54) is 30.4 Å². The van der Waals surface area contributed by atoms with Crippen molar-refractivity contribution in [2.24, 2.45) is 0 Å². The number of aryl methyl sites for hydroxylation is 1. The minimum absolute atomic E-state index is 0.303. The number of rotatable bonds is 3. The Kier molecular flexibility index (Phi) is 3.88. The molecule has 0 spiro atoms. The number of hydrogen-bond donors (Lipinski definition) is 1. The topological polar surface area (TPSA) is 20.2 Å². The van der Waals surface area contributed by atoms with Gasteiger partial charge in [-0.2, -0.15) is 0 Å². The van der Waals surface area contributed by atoms with Crippen LogP contribution in [0.5, 0.6) is 0 Å². The van der Waals surface area contributed by atoms with Crippen LogP contribution in [0.3, 0.4) is 0 Å². The van der Waals surface area contributed by atoms with Gasteiger partial charge in [-0.05, 0) is 0 Å². The van der Waals surface area contributed by atoms with Crippen LogP contribution in [0.15, 0.2) is 18.2 Å². The van der Waals surface area contributed by atoms with Gasteiger partial charge in [-0.15, -0.1) is 0 Å². The van der Waals surface area contributed by atoms with E-state index in [1.54, 1.807) is 5.56 Å². The van der Waals surface area contributed by atoms with Gasteiger partial charge in [0, 0.05) is 0 Å². The third kappa shape index (κ3) is 2.65. The van der Waals surface area contributed by atoms with Gasteiger partial charge in [0.05, 0.1) is 0 Å². The summed E-state index contributed by atoms with van der Waals surface area (Å²) in [6.45, 7) is 0.303. The third-order valence-corrected chi connectivity index (χ3v) is 4.08. The quantitative estimate of drug-likeness (QED) is 0.828. The average Bonchev–Trinajstić information content (AvgIpc) is 2.25. The molecule has 0 heterocycles. The number of fused-ring (bicyclic) bond motifs is 1. The minimum atomic E-state index is 0.303. The number of hydrogen-bond acceptors (Lipinski definition) is 1. The van der Waals surface area contributed by atoms with Gasteiger partial charge < -0.3 is 0 Å². The predicted octanol–water partition coefficient (Wildman–Crippen LogP) is 2.06. The predicted molar refractivity (Wildman–Crippen MR) is 63.4 cm³/mol. The van der Waals surface area contributed by atoms with Crippen LogP contribution in [-0.2, 0) is 19.3 Å². The molecule has 1 aromatic rings. The van der Waals surface area contributed by atoms with Gasteiger partial charge in [0.15, 0.2) is 0 Å². The van der Waals surface area contributed by atoms with E-state index in [-0.39, 0.29) is 0 Å². The Morgan fingerprint density at radius 3 is 3.07 bits per heavy atom. The standard InChI is InChI=1S/C13H17AsO/c14-12-6-7-13-10(5-2-8-15)3-1-4-11(13)9-12/h1,3-4,12,15H,2,5-9H2. The second-order valence-corrected chi connectivity index (χ2v) is 5.81. The molecule has 1 nitrogen and oxygen atoms in total. The van der Waals surface area contributed by atoms with Crippen molar-refractivity contribution in [2.45, 2.75) is 36.8 Å². The van der Waals surface area contributed by atoms with Crippen molar-refractivity contribution in [3.8, 4) is 0 Å². The Labute approximate surface area is 100 Å². The van der Waals surface area contributed by atoms with Crippen molar-refractivity contribution in [2.75, 3.05) is 6.61 Å². The van der Waals surface area contributed by atoms with E-state index in [2.05, 4.69) is 35.1 Å². The summed E-state index contributed by atoms with van der Waals surface area (Å²) in [7, 11) is 0. The summed E-state index contributed by atoms with van der Waals surface area (Å²) in [5.41, 5.74) is 4.55. The van der Waals surface area contributed by atoms with Crippen LogP contribution in [0.25, 0.3) is 0 Å². The van der Waals surface area contributed by atoms with Gasteiger partial charge >= 0.3 is 100 Å². The Morgan fingerprint density at radius 2 is 2.27 bits per heavy atom. The molecular weight excluding hydrogens is 247 g/mol. The fourth-order valence-corrected chi connectivity index (χ4v) is 3.05. The molecule has 0 aliphatic heterocycles. The SMILES string of the molecule is OCCCc1cccc2c1CCC([As])C2. The fourth-order valence-electron chi connectivity index (χ4n) is 2.37. The summed E-state index contributed by atoms with van der Waals surface area (Å²) in [6, 6.07) is 6.65. The van der Waals surface area contributed by atoms with Crippen LogP contribution in [0, 0.1) is 0 Å². The average molecular weight is 264 g/mol. The van der Waals surface area contributed by atoms with Gasteiger partial charge in [-0.25, -0.2) is 0 Å². The van der Waals surface area contributed by atoms with Crippen LogP contribution < -0.4 is 0 Å². The zero-order valence-electron chi connectivity index (χ0n) is 8.95. The third-order valence-electron chi connectivity index (χ3n) is 3.16. The summed E-state index contributed by atoms with van der Waals surface area (Å²) < 4.78 is 0.776. The molecule has 0 amide bonds. The van der Waals surface area contributed by atoms with Crippen LogP contribution in [0.1, 0.15) is 29.5 Å². The van der Waals surface area contributed by atoms with E-state index < -0.39 is 0 Å². The zero-order valence-corrected chi connectivity index (χ0v) is 10.8. The van der Waals surface area contributed by atoms with Crippen molar-refractivity contribution >= 4 is 16.9 Å². The molecule has 1 aliphatic carbocycles. The normalized spacial score (nSPS) is 20.0. The van der Waals surface area contributed by atoms with Gasteiger partial charge in [0.2, 0.25) is 0 Å². The molecule has 1 aliphatic rings. The first-order valence-electron chi connectivity index (χ1n) is 5.70. The summed E-state index contributed by atoms with van der Waals surface area (Å²) in [5.74, 6) is 0. The first-order valence-corrected chi connectivity index (χ1v) is 6.78. The van der Waals surface area contributed by atoms with Crippen LogP contribution in [-0.4, -0.2) is 28.6 Å². The Bertz CT molecular complexity index is 335. The maximum absolute atomic E-state index is 8.87. The Balaban J connectivity index is 2.21. The van der Waals surface area contributed by atoms with Crippen molar-refractivity contribution in [1.82, 2.24) is 0 Å². The molecule has 15 heavy (non-hydrogen) atoms. The van der Waals surface area contributed by atoms with E-state index in [9.17, 15) is 0 Å². The Morgan fingerprint density at radius 1 is 1.40 bits per heavy atom. The molecule has 0 fully saturated rings. The summed E-state index contributed by atoms with van der Waals surface area (Å²) in [5, 5.41) is 8.87. The molecule has 80 valence electrons. The fraction of sp³-hybridized carbons (Fsp3) is 0.538. The van der Waals surface area contributed by atoms with E-state index >= 15 is 0 Å². The molecule has 0 saturated carbocycles. The van der Waals surface area contributed by atoms with Gasteiger partial charge in [-0.3, -0.25) is 0 Å². The number of aliphatic hydroxyl groups is 1. The van der Waals surface area contributed by atoms with Crippen molar-refractivity contribution in [1.29, 1.82) is 0 Å². The maximum atomic E-state index is 8.87. The molecule has 1 N–H and O–H groups in total. The van der Waals surface area contributed by atoms with Crippen LogP contribution in [0.2, 0.25) is 4.71 Å². The van der Waals surface area contributed by atoms with E-state index in [0.717, 1.165) is 17.5 Å². The van der Waals surface area contributed by atoms with Crippen molar-refractivity contribution < 1.29 is 5.11 Å². The first kappa shape index (κ1) is 11.2. The van der Waals surface area contributed by atoms with Crippen LogP contribution >= 0.6 is 0 Å². The van der Waals surface area contributed by atoms with Gasteiger partial charge in [0.25, 0.3) is 0 Å². The molecule has 0 aromatic heterocycles. The van der Waals surface area contributed by atoms with Crippen molar-refractivity contribution in [3.63, 3.8) is 0 Å². The van der Waals surface area contributed by atoms with Crippen molar-refractivity contribution in [3.05, 3.63) is 34.9 Å².